The number of benzene rings is 2. The van der Waals surface area contributed by atoms with E-state index in [0.717, 1.165) is 4.31 Å². The van der Waals surface area contributed by atoms with Gasteiger partial charge in [0.15, 0.2) is 0 Å². The molecule has 0 N–H and O–H groups in total. The smallest absolute Gasteiger partial charge is 0.370 e. The largest absolute Gasteiger partial charge is 0.385 e. The van der Waals surface area contributed by atoms with Crippen LogP contribution in [0.3, 0.4) is 0 Å². The first-order valence-electron chi connectivity index (χ1n) is 7.61. The summed E-state index contributed by atoms with van der Waals surface area (Å²) in [6, 6.07) is 11.4. The molecule has 0 radical (unpaired) electrons. The molecule has 4 rings (SSSR count). The maximum absolute atomic E-state index is 16.4. The number of hydrogen-bond donors (Lipinski definition) is 0. The van der Waals surface area contributed by atoms with Crippen LogP contribution >= 0.6 is 0 Å². The van der Waals surface area contributed by atoms with Crippen molar-refractivity contribution in [3.8, 4) is 5.75 Å². The SMILES string of the molecule is CN1C(=O)[C@](F)([C@H]2c3ccccc3OS(=O)(=O)N2C)c2ccccc21. The zero-order valence-corrected chi connectivity index (χ0v) is 14.3. The highest BCUT2D eigenvalue weighted by Gasteiger charge is 2.61. The number of para-hydroxylation sites is 2. The molecule has 8 heteroatoms. The molecule has 6 nitrogen and oxygen atoms in total. The monoisotopic (exact) mass is 362 g/mol. The van der Waals surface area contributed by atoms with Crippen LogP contribution in [0.2, 0.25) is 0 Å². The van der Waals surface area contributed by atoms with E-state index in [9.17, 15) is 13.2 Å². The Morgan fingerprint density at radius 1 is 1.08 bits per heavy atom. The Morgan fingerprint density at radius 2 is 1.72 bits per heavy atom. The number of alkyl halides is 1. The van der Waals surface area contributed by atoms with E-state index < -0.39 is 27.9 Å². The Balaban J connectivity index is 2.02. The van der Waals surface area contributed by atoms with Crippen molar-refractivity contribution in [1.82, 2.24) is 4.31 Å². The molecule has 0 saturated heterocycles. The highest BCUT2D eigenvalue weighted by Crippen LogP contribution is 2.54. The molecular weight excluding hydrogens is 347 g/mol. The fourth-order valence-corrected chi connectivity index (χ4v) is 4.56. The van der Waals surface area contributed by atoms with Gasteiger partial charge < -0.3 is 9.08 Å². The third-order valence-electron chi connectivity index (χ3n) is 4.78. The summed E-state index contributed by atoms with van der Waals surface area (Å²) < 4.78 is 46.9. The Labute approximate surface area is 144 Å². The number of amides is 1. The molecule has 0 saturated carbocycles. The number of carbonyl (C=O) groups is 1. The number of hydrogen-bond acceptors (Lipinski definition) is 4. The van der Waals surface area contributed by atoms with E-state index in [1.165, 1.54) is 31.1 Å². The van der Waals surface area contributed by atoms with Crippen LogP contribution in [0.25, 0.3) is 0 Å². The maximum Gasteiger partial charge on any atom is 0.385 e. The molecule has 2 aromatic rings. The first kappa shape index (κ1) is 16.0. The summed E-state index contributed by atoms with van der Waals surface area (Å²) >= 11 is 0. The molecule has 2 atom stereocenters. The minimum absolute atomic E-state index is 0.0301. The average molecular weight is 362 g/mol. The second kappa shape index (κ2) is 5.03. The summed E-state index contributed by atoms with van der Waals surface area (Å²) in [6.07, 6.45) is 0. The Kier molecular flexibility index (Phi) is 3.23. The Hall–Kier alpha value is -2.45. The number of nitrogens with zero attached hydrogens (tertiary/aromatic N) is 2. The lowest BCUT2D eigenvalue weighted by atomic mass is 9.84. The van der Waals surface area contributed by atoms with E-state index in [-0.39, 0.29) is 11.3 Å². The molecule has 0 aliphatic carbocycles. The summed E-state index contributed by atoms with van der Waals surface area (Å²) in [5, 5.41) is 0. The molecule has 25 heavy (non-hydrogen) atoms. The number of halogens is 1. The molecule has 2 aliphatic heterocycles. The van der Waals surface area contributed by atoms with Crippen LogP contribution in [0, 0.1) is 0 Å². The zero-order valence-electron chi connectivity index (χ0n) is 13.5. The van der Waals surface area contributed by atoms with Crippen molar-refractivity contribution in [2.75, 3.05) is 19.0 Å². The molecule has 1 amide bonds. The van der Waals surface area contributed by atoms with Crippen LogP contribution < -0.4 is 9.08 Å². The second-order valence-corrected chi connectivity index (χ2v) is 7.69. The molecule has 2 aromatic carbocycles. The first-order chi connectivity index (χ1) is 11.8. The predicted molar refractivity (Wildman–Crippen MR) is 89.1 cm³/mol. The van der Waals surface area contributed by atoms with E-state index in [2.05, 4.69) is 0 Å². The minimum atomic E-state index is -4.22. The molecule has 0 aromatic heterocycles. The van der Waals surface area contributed by atoms with Crippen molar-refractivity contribution in [2.45, 2.75) is 11.7 Å². The fraction of sp³-hybridized carbons (Fsp3) is 0.235. The standard InChI is InChI=1S/C17H15FN2O4S/c1-19-13-9-5-4-8-12(13)17(18,16(19)21)15-11-7-3-6-10-14(11)24-25(22,23)20(15)2/h3-10,15H,1-2H3/t15-,17-/m1/s1. The van der Waals surface area contributed by atoms with E-state index in [0.29, 0.717) is 11.3 Å². The fourth-order valence-electron chi connectivity index (χ4n) is 3.55. The Morgan fingerprint density at radius 3 is 2.48 bits per heavy atom. The molecular formula is C17H15FN2O4S. The van der Waals surface area contributed by atoms with E-state index in [1.807, 2.05) is 0 Å². The summed E-state index contributed by atoms with van der Waals surface area (Å²) in [5.74, 6) is -0.778. The normalized spacial score (nSPS) is 27.6. The second-order valence-electron chi connectivity index (χ2n) is 6.09. The number of fused-ring (bicyclic) bond motifs is 2. The van der Waals surface area contributed by atoms with Gasteiger partial charge in [-0.25, -0.2) is 4.39 Å². The van der Waals surface area contributed by atoms with Gasteiger partial charge in [0.2, 0.25) is 5.67 Å². The van der Waals surface area contributed by atoms with Gasteiger partial charge in [0.05, 0.1) is 5.69 Å². The van der Waals surface area contributed by atoms with Crippen molar-refractivity contribution < 1.29 is 21.8 Å². The summed E-state index contributed by atoms with van der Waals surface area (Å²) in [7, 11) is -1.53. The lowest BCUT2D eigenvalue weighted by molar-refractivity contribution is -0.132. The third-order valence-corrected chi connectivity index (χ3v) is 6.08. The van der Waals surface area contributed by atoms with Crippen molar-refractivity contribution in [3.63, 3.8) is 0 Å². The van der Waals surface area contributed by atoms with Crippen LogP contribution in [0.4, 0.5) is 10.1 Å². The van der Waals surface area contributed by atoms with E-state index in [4.69, 9.17) is 4.18 Å². The van der Waals surface area contributed by atoms with Crippen LogP contribution in [-0.4, -0.2) is 32.7 Å². The first-order valence-corrected chi connectivity index (χ1v) is 8.98. The zero-order chi connectivity index (χ0) is 18.0. The molecule has 0 spiro atoms. The summed E-state index contributed by atoms with van der Waals surface area (Å²) in [4.78, 5) is 14.1. The van der Waals surface area contributed by atoms with Crippen LogP contribution in [0.1, 0.15) is 17.2 Å². The van der Waals surface area contributed by atoms with Gasteiger partial charge in [0, 0.05) is 25.2 Å². The van der Waals surface area contributed by atoms with Gasteiger partial charge in [0.1, 0.15) is 11.8 Å². The minimum Gasteiger partial charge on any atom is -0.370 e. The van der Waals surface area contributed by atoms with Crippen molar-refractivity contribution >= 4 is 21.9 Å². The van der Waals surface area contributed by atoms with Gasteiger partial charge in [-0.2, -0.15) is 12.7 Å². The lowest BCUT2D eigenvalue weighted by Crippen LogP contribution is -2.50. The van der Waals surface area contributed by atoms with Crippen molar-refractivity contribution in [1.29, 1.82) is 0 Å². The Bertz CT molecular complexity index is 994. The average Bonchev–Trinajstić information content (AvgIpc) is 2.78. The molecule has 2 aliphatic rings. The highest BCUT2D eigenvalue weighted by atomic mass is 32.2. The van der Waals surface area contributed by atoms with Crippen LogP contribution in [0.5, 0.6) is 5.75 Å². The molecule has 0 unspecified atom stereocenters. The molecule has 0 bridgehead atoms. The predicted octanol–water partition coefficient (Wildman–Crippen LogP) is 2.14. The van der Waals surface area contributed by atoms with Gasteiger partial charge in [-0.1, -0.05) is 36.4 Å². The van der Waals surface area contributed by atoms with E-state index in [1.54, 1.807) is 36.4 Å². The van der Waals surface area contributed by atoms with Crippen molar-refractivity contribution in [2.24, 2.45) is 0 Å². The molecule has 2 heterocycles. The van der Waals surface area contributed by atoms with Gasteiger partial charge in [-0.05, 0) is 12.1 Å². The quantitative estimate of drug-likeness (QED) is 0.780. The summed E-state index contributed by atoms with van der Waals surface area (Å²) in [6.45, 7) is 0. The molecule has 130 valence electrons. The highest BCUT2D eigenvalue weighted by molar-refractivity contribution is 7.84. The van der Waals surface area contributed by atoms with E-state index >= 15 is 4.39 Å². The van der Waals surface area contributed by atoms with Crippen LogP contribution in [-0.2, 0) is 20.8 Å². The lowest BCUT2D eigenvalue weighted by Gasteiger charge is -2.38. The molecule has 0 fully saturated rings. The van der Waals surface area contributed by atoms with Gasteiger partial charge in [-0.15, -0.1) is 0 Å². The maximum atomic E-state index is 16.4. The van der Waals surface area contributed by atoms with Crippen LogP contribution in [0.15, 0.2) is 48.5 Å². The third kappa shape index (κ3) is 1.98. The summed E-state index contributed by atoms with van der Waals surface area (Å²) in [5.41, 5.74) is -1.68. The number of anilines is 1. The number of carbonyl (C=O) groups excluding carboxylic acids is 1. The van der Waals surface area contributed by atoms with Gasteiger partial charge in [0.25, 0.3) is 5.91 Å². The van der Waals surface area contributed by atoms with Crippen molar-refractivity contribution in [3.05, 3.63) is 59.7 Å². The van der Waals surface area contributed by atoms with Gasteiger partial charge >= 0.3 is 10.3 Å². The van der Waals surface area contributed by atoms with Gasteiger partial charge in [-0.3, -0.25) is 4.79 Å². The number of likely N-dealkylation sites (N-methyl/N-ethyl adjacent to an activating group) is 2. The number of rotatable bonds is 1. The topological polar surface area (TPSA) is 66.9 Å².